The van der Waals surface area contributed by atoms with Crippen LogP contribution in [0.25, 0.3) is 0 Å². The van der Waals surface area contributed by atoms with Gasteiger partial charge in [-0.2, -0.15) is 0 Å². The SMILES string of the molecule is CCCC[O][Zr](=[O])[OH]. The Balaban J connectivity index is 2.82. The predicted octanol–water partition coefficient (Wildman–Crippen LogP) is 0.589. The van der Waals surface area contributed by atoms with E-state index in [2.05, 4.69) is 2.81 Å². The van der Waals surface area contributed by atoms with E-state index >= 15 is 0 Å². The number of hydrogen-bond donors (Lipinski definition) is 1. The Morgan fingerprint density at radius 2 is 2.38 bits per heavy atom. The topological polar surface area (TPSA) is 46.5 Å². The Labute approximate surface area is 58.0 Å². The second-order valence-electron chi connectivity index (χ2n) is 1.47. The molecule has 0 radical (unpaired) electrons. The van der Waals surface area contributed by atoms with Crippen LogP contribution in [-0.4, -0.2) is 9.79 Å². The summed E-state index contributed by atoms with van der Waals surface area (Å²) in [5, 5.41) is 0. The van der Waals surface area contributed by atoms with Crippen molar-refractivity contribution >= 4 is 0 Å². The van der Waals surface area contributed by atoms with Crippen molar-refractivity contribution in [3.63, 3.8) is 0 Å². The van der Waals surface area contributed by atoms with Crippen molar-refractivity contribution < 1.29 is 31.4 Å². The summed E-state index contributed by atoms with van der Waals surface area (Å²) in [7, 11) is 0. The molecule has 0 heterocycles. The summed E-state index contributed by atoms with van der Waals surface area (Å²) in [4.78, 5) is 0. The summed E-state index contributed by atoms with van der Waals surface area (Å²) in [6, 6.07) is 0. The Hall–Kier alpha value is 0.603. The molecule has 0 aliphatic heterocycles. The summed E-state index contributed by atoms with van der Waals surface area (Å²) in [5.41, 5.74) is 0. The van der Waals surface area contributed by atoms with E-state index in [0.717, 1.165) is 12.8 Å². The molecule has 0 atom stereocenters. The van der Waals surface area contributed by atoms with Crippen LogP contribution in [-0.2, 0) is 28.3 Å². The first-order chi connectivity index (χ1) is 3.77. The van der Waals surface area contributed by atoms with Crippen molar-refractivity contribution in [1.29, 1.82) is 0 Å². The molecule has 0 aromatic rings. The number of rotatable bonds is 4. The molecule has 3 nitrogen and oxygen atoms in total. The zero-order valence-corrected chi connectivity index (χ0v) is 7.34. The molecule has 0 unspecified atom stereocenters. The van der Waals surface area contributed by atoms with Gasteiger partial charge in [0.25, 0.3) is 0 Å². The summed E-state index contributed by atoms with van der Waals surface area (Å²) >= 11 is -3.41. The zero-order valence-electron chi connectivity index (χ0n) is 4.89. The van der Waals surface area contributed by atoms with E-state index in [0.29, 0.717) is 6.61 Å². The van der Waals surface area contributed by atoms with Gasteiger partial charge in [-0.1, -0.05) is 0 Å². The van der Waals surface area contributed by atoms with Crippen LogP contribution >= 0.6 is 0 Å². The second kappa shape index (κ2) is 5.73. The van der Waals surface area contributed by atoms with Crippen molar-refractivity contribution in [2.45, 2.75) is 19.8 Å². The molecule has 0 amide bonds. The standard InChI is InChI=1S/C4H9O.H2O.O.Zr/c1-2-3-4-5;;;/h2-4H2,1H3;1H2;;/q-1;;;+2/p-1. The first-order valence-electron chi connectivity index (χ1n) is 2.63. The van der Waals surface area contributed by atoms with Gasteiger partial charge >= 0.3 is 57.8 Å². The second-order valence-corrected chi connectivity index (χ2v) is 3.48. The van der Waals surface area contributed by atoms with E-state index in [-0.39, 0.29) is 0 Å². The average molecular weight is 197 g/mol. The van der Waals surface area contributed by atoms with E-state index in [9.17, 15) is 2.81 Å². The molecule has 48 valence electrons. The maximum atomic E-state index is 9.93. The molecule has 8 heavy (non-hydrogen) atoms. The molecule has 0 aliphatic rings. The molecule has 0 aromatic carbocycles. The maximum absolute atomic E-state index is 9.93. The van der Waals surface area contributed by atoms with Gasteiger partial charge in [-0.25, -0.2) is 0 Å². The van der Waals surface area contributed by atoms with Crippen molar-refractivity contribution in [2.75, 3.05) is 6.61 Å². The van der Waals surface area contributed by atoms with Gasteiger partial charge in [-0.3, -0.25) is 0 Å². The van der Waals surface area contributed by atoms with E-state index in [1.54, 1.807) is 0 Å². The molecule has 0 fully saturated rings. The van der Waals surface area contributed by atoms with Gasteiger partial charge in [0.05, 0.1) is 0 Å². The van der Waals surface area contributed by atoms with Crippen LogP contribution in [0.4, 0.5) is 0 Å². The number of unbranched alkanes of at least 4 members (excludes halogenated alkanes) is 1. The van der Waals surface area contributed by atoms with Gasteiger partial charge in [-0.15, -0.1) is 0 Å². The number of hydrogen-bond acceptors (Lipinski definition) is 2. The van der Waals surface area contributed by atoms with E-state index < -0.39 is 22.6 Å². The third kappa shape index (κ3) is 6.60. The molecule has 0 aliphatic carbocycles. The van der Waals surface area contributed by atoms with Crippen LogP contribution in [0.3, 0.4) is 0 Å². The molecule has 0 spiro atoms. The van der Waals surface area contributed by atoms with Gasteiger partial charge in [0.1, 0.15) is 0 Å². The van der Waals surface area contributed by atoms with Crippen LogP contribution in [0.5, 0.6) is 0 Å². The first kappa shape index (κ1) is 8.60. The molecule has 0 bridgehead atoms. The van der Waals surface area contributed by atoms with Crippen molar-refractivity contribution in [1.82, 2.24) is 0 Å². The van der Waals surface area contributed by atoms with Crippen molar-refractivity contribution in [3.05, 3.63) is 0 Å². The molecular formula is C4H10O3Zr. The minimum atomic E-state index is -3.41. The Kier molecular flexibility index (Phi) is 6.17. The van der Waals surface area contributed by atoms with Crippen LogP contribution in [0, 0.1) is 0 Å². The van der Waals surface area contributed by atoms with E-state index in [1.165, 1.54) is 0 Å². The summed E-state index contributed by atoms with van der Waals surface area (Å²) < 4.78 is 22.6. The fourth-order valence-corrected chi connectivity index (χ4v) is 1.09. The van der Waals surface area contributed by atoms with Gasteiger partial charge in [0.15, 0.2) is 0 Å². The van der Waals surface area contributed by atoms with Gasteiger partial charge in [0, 0.05) is 0 Å². The normalized spacial score (nSPS) is 9.25. The van der Waals surface area contributed by atoms with Crippen LogP contribution in [0.15, 0.2) is 0 Å². The predicted molar refractivity (Wildman–Crippen MR) is 23.8 cm³/mol. The molecule has 0 aromatic heterocycles. The van der Waals surface area contributed by atoms with Crippen molar-refractivity contribution in [2.24, 2.45) is 0 Å². The Bertz CT molecular complexity index is 73.7. The molecular weight excluding hydrogens is 187 g/mol. The molecule has 1 N–H and O–H groups in total. The fourth-order valence-electron chi connectivity index (χ4n) is 0.304. The van der Waals surface area contributed by atoms with Gasteiger partial charge in [0.2, 0.25) is 0 Å². The van der Waals surface area contributed by atoms with Gasteiger partial charge in [-0.05, 0) is 0 Å². The van der Waals surface area contributed by atoms with E-state index in [4.69, 9.17) is 3.18 Å². The third-order valence-corrected chi connectivity index (χ3v) is 1.83. The fraction of sp³-hybridized carbons (Fsp3) is 1.00. The van der Waals surface area contributed by atoms with Crippen molar-refractivity contribution in [3.8, 4) is 0 Å². The molecule has 0 saturated heterocycles. The zero-order chi connectivity index (χ0) is 6.41. The molecule has 0 saturated carbocycles. The van der Waals surface area contributed by atoms with Crippen LogP contribution in [0.1, 0.15) is 19.8 Å². The first-order valence-corrected chi connectivity index (χ1v) is 5.73. The summed E-state index contributed by atoms with van der Waals surface area (Å²) in [6.45, 7) is 2.46. The van der Waals surface area contributed by atoms with Crippen LogP contribution in [0.2, 0.25) is 0 Å². The monoisotopic (exact) mass is 196 g/mol. The average Bonchev–Trinajstić information content (AvgIpc) is 1.66. The van der Waals surface area contributed by atoms with Gasteiger partial charge < -0.3 is 0 Å². The minimum absolute atomic E-state index is 0.450. The Morgan fingerprint density at radius 3 is 2.75 bits per heavy atom. The molecule has 0 rings (SSSR count). The Morgan fingerprint density at radius 1 is 1.75 bits per heavy atom. The third-order valence-electron chi connectivity index (χ3n) is 0.723. The quantitative estimate of drug-likeness (QED) is 0.671. The van der Waals surface area contributed by atoms with E-state index in [1.807, 2.05) is 6.92 Å². The molecule has 4 heteroatoms. The van der Waals surface area contributed by atoms with Crippen LogP contribution < -0.4 is 0 Å². The summed E-state index contributed by atoms with van der Waals surface area (Å²) in [6.07, 6.45) is 1.89. The summed E-state index contributed by atoms with van der Waals surface area (Å²) in [5.74, 6) is 0.